The summed E-state index contributed by atoms with van der Waals surface area (Å²) in [6, 6.07) is 111. The first-order valence-corrected chi connectivity index (χ1v) is 38.9. The monoisotopic (exact) mass is 1460 g/mol. The molecule has 3 aliphatic carbocycles. The quantitative estimate of drug-likeness (QED) is 0.103. The lowest BCUT2D eigenvalue weighted by Gasteiger charge is -2.30. The van der Waals surface area contributed by atoms with Crippen LogP contribution in [0.1, 0.15) is 57.9 Å². The largest absolute Gasteiger partial charge is 0.436 e. The molecule has 22 rings (SSSR count). The standard InChI is InChI=1S/C104H68N8O2/c1-4-16-83-77(13-1)55-89(87-20-8-6-18-85(83)87)65-29-35-68(36-30-65)96-60-98(109-101(108-96)71-41-27-64(28-42-71)81-53-79-15-3-10-22-91(79)105-61-81)70-39-47-74(48-40-70)104-112-93-52-51-76(58-100(93)114-104)75-49-50-80-54-82(62-106-94(80)57-75)63-25-33-67(34-26-63)95-59-97(69-37-45-73(46-38-69)103-111-92-23-11-12-24-99(92)113-103)110-102(107-95)72-43-31-66(32-44-72)90-56-78-14-2-5-17-84(78)86-19-7-9-21-88(86)90/h1-43,45-55,58-62,72,75,90H,44,56-57H2. The fourth-order valence-electron chi connectivity index (χ4n) is 17.1. The second kappa shape index (κ2) is 27.7. The number of rotatable bonds is 13. The van der Waals surface area contributed by atoms with E-state index >= 15 is 0 Å². The van der Waals surface area contributed by atoms with E-state index in [1.165, 1.54) is 54.9 Å². The number of fused-ring (bicyclic) bond motifs is 10. The number of allylic oxidation sites excluding steroid dienone is 5. The summed E-state index contributed by atoms with van der Waals surface area (Å²) in [5, 5.41) is 6.03. The Morgan fingerprint density at radius 1 is 0.316 bits per heavy atom. The Hall–Kier alpha value is -14.7. The van der Waals surface area contributed by atoms with Crippen LogP contribution in [0.4, 0.5) is 0 Å². The first-order chi connectivity index (χ1) is 56.4. The van der Waals surface area contributed by atoms with Crippen LogP contribution in [0.15, 0.2) is 367 Å². The smallest absolute Gasteiger partial charge is 0.227 e. The van der Waals surface area contributed by atoms with Crippen molar-refractivity contribution < 1.29 is 8.83 Å². The maximum absolute atomic E-state index is 6.63. The lowest BCUT2D eigenvalue weighted by Crippen LogP contribution is -2.15. The summed E-state index contributed by atoms with van der Waals surface area (Å²) in [6.07, 6.45) is 18.0. The second-order valence-corrected chi connectivity index (χ2v) is 30.0. The SMILES string of the molecule is C1=CC(c2nc(-c3ccc(-c4cnc5c(c4)C=CC(c4ccc6nc(-c7ccc(-c8cc(-c9ccc(-c%10cc%11ccccc%11c%11ccccc%10%11)cc9)nc(-c9ccc(-c%10cnc%11ccccc%11c%10)cc9)n8)cc7)oc6c4)C5)cc3)cc(-c3ccc(-c4nc5ccccc5o4)cc3)n2)CC=C1C1Cc2ccccc2-c2ccccc21. The van der Waals surface area contributed by atoms with Crippen LogP contribution >= 0.6 is 0 Å². The van der Waals surface area contributed by atoms with Gasteiger partial charge in [-0.1, -0.05) is 261 Å². The molecule has 10 heteroatoms. The average Bonchev–Trinajstić information content (AvgIpc) is 1.12. The topological polar surface area (TPSA) is 129 Å². The van der Waals surface area contributed by atoms with Gasteiger partial charge in [-0.15, -0.1) is 0 Å². The van der Waals surface area contributed by atoms with Crippen molar-refractivity contribution in [1.29, 1.82) is 0 Å². The van der Waals surface area contributed by atoms with E-state index in [1.807, 2.05) is 54.9 Å². The molecule has 6 heterocycles. The van der Waals surface area contributed by atoms with Gasteiger partial charge in [0.1, 0.15) is 16.9 Å². The fraction of sp³-hybridized carbons (Fsp3) is 0.0577. The number of nitrogens with zero attached hydrogens (tertiary/aromatic N) is 8. The molecule has 0 saturated carbocycles. The first-order valence-electron chi connectivity index (χ1n) is 38.9. The molecule has 0 fully saturated rings. The fourth-order valence-corrected chi connectivity index (χ4v) is 17.1. The van der Waals surface area contributed by atoms with Gasteiger partial charge in [-0.25, -0.2) is 29.9 Å². The van der Waals surface area contributed by atoms with Crippen molar-refractivity contribution in [2.24, 2.45) is 0 Å². The minimum absolute atomic E-state index is 0.0106. The first kappa shape index (κ1) is 66.3. The highest BCUT2D eigenvalue weighted by atomic mass is 16.4. The number of hydrogen-bond donors (Lipinski definition) is 0. The molecule has 0 N–H and O–H groups in total. The van der Waals surface area contributed by atoms with Crippen molar-refractivity contribution in [3.63, 3.8) is 0 Å². The van der Waals surface area contributed by atoms with Crippen LogP contribution in [0, 0.1) is 0 Å². The molecule has 3 unspecified atom stereocenters. The summed E-state index contributed by atoms with van der Waals surface area (Å²) in [5.41, 5.74) is 30.7. The van der Waals surface area contributed by atoms with Gasteiger partial charge in [-0.3, -0.25) is 9.97 Å². The maximum atomic E-state index is 6.63. The van der Waals surface area contributed by atoms with E-state index in [-0.39, 0.29) is 17.8 Å². The van der Waals surface area contributed by atoms with Crippen molar-refractivity contribution in [2.45, 2.75) is 37.0 Å². The molecule has 0 radical (unpaired) electrons. The molecule has 19 aromatic rings. The molecule has 114 heavy (non-hydrogen) atoms. The van der Waals surface area contributed by atoms with Gasteiger partial charge in [-0.2, -0.15) is 0 Å². The van der Waals surface area contributed by atoms with Crippen molar-refractivity contribution in [3.8, 4) is 124 Å². The van der Waals surface area contributed by atoms with E-state index in [0.717, 1.165) is 165 Å². The van der Waals surface area contributed by atoms with Gasteiger partial charge in [0.05, 0.1) is 28.3 Å². The summed E-state index contributed by atoms with van der Waals surface area (Å²) < 4.78 is 12.8. The Morgan fingerprint density at radius 2 is 0.851 bits per heavy atom. The third kappa shape index (κ3) is 12.2. The van der Waals surface area contributed by atoms with Gasteiger partial charge < -0.3 is 8.83 Å². The molecule has 0 aliphatic heterocycles. The Bertz CT molecular complexity index is 7100. The normalized spacial score (nSPS) is 15.0. The molecule has 6 aromatic heterocycles. The molecule has 13 aromatic carbocycles. The molecule has 3 atom stereocenters. The second-order valence-electron chi connectivity index (χ2n) is 30.0. The number of benzene rings is 13. The molecule has 0 spiro atoms. The van der Waals surface area contributed by atoms with E-state index in [1.54, 1.807) is 0 Å². The number of pyridine rings is 2. The van der Waals surface area contributed by atoms with Gasteiger partial charge in [0.2, 0.25) is 11.8 Å². The Labute approximate surface area is 657 Å². The summed E-state index contributed by atoms with van der Waals surface area (Å²) in [7, 11) is 0. The lowest BCUT2D eigenvalue weighted by molar-refractivity contribution is 0.618. The van der Waals surface area contributed by atoms with Gasteiger partial charge >= 0.3 is 0 Å². The molecular weight excluding hydrogens is 1390 g/mol. The zero-order chi connectivity index (χ0) is 75.2. The third-order valence-corrected chi connectivity index (χ3v) is 23.2. The van der Waals surface area contributed by atoms with Crippen LogP contribution in [0.5, 0.6) is 0 Å². The van der Waals surface area contributed by atoms with E-state index in [2.05, 4.69) is 303 Å². The molecule has 0 amide bonds. The number of para-hydroxylation sites is 3. The predicted molar refractivity (Wildman–Crippen MR) is 460 cm³/mol. The van der Waals surface area contributed by atoms with Crippen LogP contribution < -0.4 is 0 Å². The summed E-state index contributed by atoms with van der Waals surface area (Å²) in [4.78, 5) is 41.0. The van der Waals surface area contributed by atoms with E-state index in [9.17, 15) is 0 Å². The van der Waals surface area contributed by atoms with Crippen LogP contribution in [0.25, 0.3) is 185 Å². The minimum atomic E-state index is -0.0106. The highest BCUT2D eigenvalue weighted by molar-refractivity contribution is 6.14. The van der Waals surface area contributed by atoms with E-state index < -0.39 is 0 Å². The van der Waals surface area contributed by atoms with Gasteiger partial charge in [-0.05, 0) is 181 Å². The summed E-state index contributed by atoms with van der Waals surface area (Å²) in [6.45, 7) is 0. The maximum Gasteiger partial charge on any atom is 0.227 e. The highest BCUT2D eigenvalue weighted by Crippen LogP contribution is 2.46. The van der Waals surface area contributed by atoms with E-state index in [4.69, 9.17) is 48.7 Å². The average molecular weight is 1460 g/mol. The van der Waals surface area contributed by atoms with Gasteiger partial charge in [0.15, 0.2) is 17.0 Å². The van der Waals surface area contributed by atoms with Crippen LogP contribution in [-0.4, -0.2) is 39.9 Å². The molecule has 536 valence electrons. The van der Waals surface area contributed by atoms with E-state index in [0.29, 0.717) is 17.6 Å². The lowest BCUT2D eigenvalue weighted by atomic mass is 9.74. The molecule has 10 nitrogen and oxygen atoms in total. The Balaban J connectivity index is 0.514. The van der Waals surface area contributed by atoms with Crippen molar-refractivity contribution in [3.05, 3.63) is 391 Å². The minimum Gasteiger partial charge on any atom is -0.436 e. The number of aromatic nitrogens is 8. The highest BCUT2D eigenvalue weighted by Gasteiger charge is 2.29. The summed E-state index contributed by atoms with van der Waals surface area (Å²) >= 11 is 0. The Morgan fingerprint density at radius 3 is 1.54 bits per heavy atom. The zero-order valence-corrected chi connectivity index (χ0v) is 61.8. The van der Waals surface area contributed by atoms with Gasteiger partial charge in [0.25, 0.3) is 0 Å². The van der Waals surface area contributed by atoms with Crippen molar-refractivity contribution >= 4 is 60.7 Å². The van der Waals surface area contributed by atoms with Crippen LogP contribution in [0.2, 0.25) is 0 Å². The third-order valence-electron chi connectivity index (χ3n) is 23.2. The number of hydrogen-bond acceptors (Lipinski definition) is 10. The van der Waals surface area contributed by atoms with Crippen LogP contribution in [0.3, 0.4) is 0 Å². The molecule has 0 saturated heterocycles. The summed E-state index contributed by atoms with van der Waals surface area (Å²) in [5.74, 6) is 2.92. The number of oxazole rings is 2. The predicted octanol–water partition coefficient (Wildman–Crippen LogP) is 25.8. The Kier molecular flexibility index (Phi) is 16.1. The van der Waals surface area contributed by atoms with Crippen LogP contribution in [-0.2, 0) is 12.8 Å². The van der Waals surface area contributed by atoms with Gasteiger partial charge in [0, 0.05) is 97.7 Å². The zero-order valence-electron chi connectivity index (χ0n) is 61.8. The van der Waals surface area contributed by atoms with Crippen molar-refractivity contribution in [1.82, 2.24) is 39.9 Å². The molecular formula is C104H68N8O2. The molecule has 3 aliphatic rings. The van der Waals surface area contributed by atoms with Crippen molar-refractivity contribution in [2.75, 3.05) is 0 Å². The molecule has 0 bridgehead atoms.